The van der Waals surface area contributed by atoms with E-state index >= 15 is 0 Å². The maximum absolute atomic E-state index is 11.5. The van der Waals surface area contributed by atoms with Gasteiger partial charge in [-0.15, -0.1) is 0 Å². The Kier molecular flexibility index (Phi) is 3.43. The fourth-order valence-electron chi connectivity index (χ4n) is 1.06. The number of carboxylic acid groups (broad SMARTS) is 1. The summed E-state index contributed by atoms with van der Waals surface area (Å²) < 4.78 is 4.48. The van der Waals surface area contributed by atoms with Crippen LogP contribution in [0.15, 0.2) is 17.0 Å². The van der Waals surface area contributed by atoms with Gasteiger partial charge in [0.25, 0.3) is 5.91 Å². The minimum absolute atomic E-state index is 0.189. The summed E-state index contributed by atoms with van der Waals surface area (Å²) in [6.07, 6.45) is 2.39. The van der Waals surface area contributed by atoms with Crippen LogP contribution in [0.4, 0.5) is 0 Å². The number of hydrogen-bond acceptors (Lipinski definition) is 4. The van der Waals surface area contributed by atoms with E-state index in [4.69, 9.17) is 5.11 Å². The molecule has 6 heteroatoms. The lowest BCUT2D eigenvalue weighted by Crippen LogP contribution is -2.44. The van der Waals surface area contributed by atoms with Crippen LogP contribution in [-0.4, -0.2) is 28.2 Å². The van der Waals surface area contributed by atoms with E-state index in [1.165, 1.54) is 6.20 Å². The van der Waals surface area contributed by atoms with Gasteiger partial charge in [-0.3, -0.25) is 4.79 Å². The van der Waals surface area contributed by atoms with Gasteiger partial charge in [-0.05, 0) is 5.92 Å². The summed E-state index contributed by atoms with van der Waals surface area (Å²) in [5, 5.41) is 14.6. The Balaban J connectivity index is 2.67. The van der Waals surface area contributed by atoms with Crippen LogP contribution in [-0.2, 0) is 4.79 Å². The van der Waals surface area contributed by atoms with Crippen molar-refractivity contribution in [2.75, 3.05) is 0 Å². The number of rotatable bonds is 4. The first-order chi connectivity index (χ1) is 7.02. The lowest BCUT2D eigenvalue weighted by molar-refractivity contribution is -0.140. The highest BCUT2D eigenvalue weighted by Crippen LogP contribution is 2.04. The molecule has 1 rings (SSSR count). The van der Waals surface area contributed by atoms with Gasteiger partial charge in [0.05, 0.1) is 11.8 Å². The van der Waals surface area contributed by atoms with Gasteiger partial charge in [-0.2, -0.15) is 0 Å². The molecule has 82 valence electrons. The van der Waals surface area contributed by atoms with Crippen molar-refractivity contribution in [2.24, 2.45) is 5.92 Å². The van der Waals surface area contributed by atoms with E-state index in [0.29, 0.717) is 0 Å². The number of amides is 1. The summed E-state index contributed by atoms with van der Waals surface area (Å²) in [6, 6.07) is -0.910. The van der Waals surface area contributed by atoms with Gasteiger partial charge in [0.2, 0.25) is 0 Å². The second-order valence-corrected chi connectivity index (χ2v) is 3.45. The predicted molar refractivity (Wildman–Crippen MR) is 50.2 cm³/mol. The molecule has 1 aromatic rings. The van der Waals surface area contributed by atoms with Crippen molar-refractivity contribution < 1.29 is 19.2 Å². The molecule has 0 saturated heterocycles. The molecule has 0 bridgehead atoms. The molecule has 0 aliphatic heterocycles. The van der Waals surface area contributed by atoms with E-state index in [2.05, 4.69) is 15.0 Å². The Morgan fingerprint density at radius 1 is 1.53 bits per heavy atom. The van der Waals surface area contributed by atoms with Crippen molar-refractivity contribution in [3.05, 3.63) is 18.0 Å². The van der Waals surface area contributed by atoms with Crippen molar-refractivity contribution >= 4 is 11.9 Å². The minimum Gasteiger partial charge on any atom is -0.480 e. The molecule has 1 heterocycles. The van der Waals surface area contributed by atoms with Crippen LogP contribution in [0.25, 0.3) is 0 Å². The highest BCUT2D eigenvalue weighted by molar-refractivity contribution is 5.96. The third-order valence-corrected chi connectivity index (χ3v) is 1.91. The van der Waals surface area contributed by atoms with Crippen LogP contribution >= 0.6 is 0 Å². The zero-order chi connectivity index (χ0) is 11.4. The maximum atomic E-state index is 11.5. The highest BCUT2D eigenvalue weighted by atomic mass is 16.5. The molecule has 0 aliphatic carbocycles. The molecule has 0 unspecified atom stereocenters. The average molecular weight is 212 g/mol. The van der Waals surface area contributed by atoms with Crippen LogP contribution in [0.3, 0.4) is 0 Å². The normalized spacial score (nSPS) is 12.5. The Bertz CT molecular complexity index is 345. The molecule has 0 fully saturated rings. The van der Waals surface area contributed by atoms with Crippen molar-refractivity contribution in [3.63, 3.8) is 0 Å². The number of hydrogen-bond donors (Lipinski definition) is 2. The van der Waals surface area contributed by atoms with Gasteiger partial charge in [0.1, 0.15) is 12.3 Å². The smallest absolute Gasteiger partial charge is 0.326 e. The van der Waals surface area contributed by atoms with E-state index in [9.17, 15) is 9.59 Å². The summed E-state index contributed by atoms with van der Waals surface area (Å²) in [5.41, 5.74) is 0.210. The Morgan fingerprint density at radius 3 is 2.60 bits per heavy atom. The molecule has 0 aliphatic rings. The van der Waals surface area contributed by atoms with Crippen molar-refractivity contribution in [1.82, 2.24) is 10.5 Å². The molecule has 1 amide bonds. The fourth-order valence-corrected chi connectivity index (χ4v) is 1.06. The SMILES string of the molecule is CC(C)[C@H](NC(=O)c1cnoc1)C(=O)O. The molecule has 0 saturated carbocycles. The Labute approximate surface area is 86.3 Å². The largest absolute Gasteiger partial charge is 0.480 e. The maximum Gasteiger partial charge on any atom is 0.326 e. The standard InChI is InChI=1S/C9H12N2O4/c1-5(2)7(9(13)14)11-8(12)6-3-10-15-4-6/h3-5,7H,1-2H3,(H,11,12)(H,13,14)/t7-/m0/s1. The molecule has 0 radical (unpaired) electrons. The number of aliphatic carboxylic acids is 1. The van der Waals surface area contributed by atoms with Crippen LogP contribution in [0.1, 0.15) is 24.2 Å². The van der Waals surface area contributed by atoms with E-state index < -0.39 is 17.9 Å². The van der Waals surface area contributed by atoms with Gasteiger partial charge in [-0.1, -0.05) is 19.0 Å². The molecule has 6 nitrogen and oxygen atoms in total. The Morgan fingerprint density at radius 2 is 2.20 bits per heavy atom. The van der Waals surface area contributed by atoms with Crippen LogP contribution in [0, 0.1) is 5.92 Å². The summed E-state index contributed by atoms with van der Waals surface area (Å²) in [6.45, 7) is 3.43. The summed E-state index contributed by atoms with van der Waals surface area (Å²) in [7, 11) is 0. The first-order valence-electron chi connectivity index (χ1n) is 4.45. The van der Waals surface area contributed by atoms with Gasteiger partial charge in [0.15, 0.2) is 0 Å². The zero-order valence-corrected chi connectivity index (χ0v) is 8.43. The summed E-state index contributed by atoms with van der Waals surface area (Å²) in [5.74, 6) is -1.75. The molecule has 0 aromatic carbocycles. The fraction of sp³-hybridized carbons (Fsp3) is 0.444. The second-order valence-electron chi connectivity index (χ2n) is 3.45. The summed E-state index contributed by atoms with van der Waals surface area (Å²) >= 11 is 0. The van der Waals surface area contributed by atoms with E-state index in [-0.39, 0.29) is 11.5 Å². The van der Waals surface area contributed by atoms with E-state index in [1.807, 2.05) is 0 Å². The molecule has 15 heavy (non-hydrogen) atoms. The van der Waals surface area contributed by atoms with Crippen molar-refractivity contribution in [3.8, 4) is 0 Å². The molecule has 1 atom stereocenters. The topological polar surface area (TPSA) is 92.4 Å². The number of aromatic nitrogens is 1. The number of nitrogens with one attached hydrogen (secondary N) is 1. The van der Waals surface area contributed by atoms with Gasteiger partial charge < -0.3 is 14.9 Å². The van der Waals surface area contributed by atoms with Crippen molar-refractivity contribution in [1.29, 1.82) is 0 Å². The van der Waals surface area contributed by atoms with Gasteiger partial charge >= 0.3 is 5.97 Å². The highest BCUT2D eigenvalue weighted by Gasteiger charge is 2.24. The third kappa shape index (κ3) is 2.80. The first-order valence-corrected chi connectivity index (χ1v) is 4.45. The molecular formula is C9H12N2O4. The number of carboxylic acids is 1. The van der Waals surface area contributed by atoms with E-state index in [0.717, 1.165) is 6.26 Å². The number of nitrogens with zero attached hydrogens (tertiary/aromatic N) is 1. The minimum atomic E-state index is -1.06. The number of carbonyl (C=O) groups is 2. The molecular weight excluding hydrogens is 200 g/mol. The van der Waals surface area contributed by atoms with Crippen LogP contribution in [0.5, 0.6) is 0 Å². The predicted octanol–water partition coefficient (Wildman–Crippen LogP) is 0.514. The monoisotopic (exact) mass is 212 g/mol. The Hall–Kier alpha value is -1.85. The molecule has 2 N–H and O–H groups in total. The molecule has 1 aromatic heterocycles. The van der Waals surface area contributed by atoms with Crippen molar-refractivity contribution in [2.45, 2.75) is 19.9 Å². The lowest BCUT2D eigenvalue weighted by atomic mass is 10.0. The quantitative estimate of drug-likeness (QED) is 0.758. The van der Waals surface area contributed by atoms with Crippen LogP contribution in [0.2, 0.25) is 0 Å². The van der Waals surface area contributed by atoms with Gasteiger partial charge in [0, 0.05) is 0 Å². The lowest BCUT2D eigenvalue weighted by Gasteiger charge is -2.16. The number of carbonyl (C=O) groups excluding carboxylic acids is 1. The van der Waals surface area contributed by atoms with Crippen LogP contribution < -0.4 is 5.32 Å². The average Bonchev–Trinajstić information content (AvgIpc) is 2.65. The molecule has 0 spiro atoms. The first kappa shape index (κ1) is 11.2. The summed E-state index contributed by atoms with van der Waals surface area (Å²) in [4.78, 5) is 22.2. The second kappa shape index (κ2) is 4.59. The third-order valence-electron chi connectivity index (χ3n) is 1.91. The van der Waals surface area contributed by atoms with Gasteiger partial charge in [-0.25, -0.2) is 4.79 Å². The van der Waals surface area contributed by atoms with E-state index in [1.54, 1.807) is 13.8 Å². The zero-order valence-electron chi connectivity index (χ0n) is 8.43.